The van der Waals surface area contributed by atoms with Crippen LogP contribution in [0.25, 0.3) is 0 Å². The average molecular weight is 267 g/mol. The fraction of sp³-hybridized carbons (Fsp3) is 0.615. The van der Waals surface area contributed by atoms with Gasteiger partial charge in [-0.05, 0) is 37.4 Å². The van der Waals surface area contributed by atoms with Gasteiger partial charge in [0, 0.05) is 13.7 Å². The van der Waals surface area contributed by atoms with E-state index in [1.807, 2.05) is 6.07 Å². The van der Waals surface area contributed by atoms with E-state index in [2.05, 4.69) is 10.3 Å². The molecule has 0 aromatic carbocycles. The normalized spacial score (nSPS) is 20.4. The zero-order valence-electron chi connectivity index (χ0n) is 11.2. The topological polar surface area (TPSA) is 80.7 Å². The number of piperidine rings is 1. The first-order valence-electron chi connectivity index (χ1n) is 6.54. The molecule has 1 amide bonds. The van der Waals surface area contributed by atoms with Gasteiger partial charge in [0.05, 0.1) is 13.2 Å². The van der Waals surface area contributed by atoms with Crippen molar-refractivity contribution in [3.8, 4) is 0 Å². The number of nitrogens with zero attached hydrogens (tertiary/aromatic N) is 1. The van der Waals surface area contributed by atoms with Gasteiger partial charge in [-0.1, -0.05) is 0 Å². The Labute approximate surface area is 112 Å². The highest BCUT2D eigenvalue weighted by atomic mass is 16.5. The van der Waals surface area contributed by atoms with Crippen molar-refractivity contribution >= 4 is 5.91 Å². The predicted octanol–water partition coefficient (Wildman–Crippen LogP) is 0.742. The van der Waals surface area contributed by atoms with Crippen molar-refractivity contribution in [3.05, 3.63) is 23.7 Å². The maximum Gasteiger partial charge on any atom is 0.300 e. The van der Waals surface area contributed by atoms with Gasteiger partial charge in [-0.2, -0.15) is 0 Å². The molecule has 6 heteroatoms. The second kappa shape index (κ2) is 6.70. The van der Waals surface area contributed by atoms with E-state index in [4.69, 9.17) is 15.0 Å². The Morgan fingerprint density at radius 3 is 3.21 bits per heavy atom. The van der Waals surface area contributed by atoms with Gasteiger partial charge in [-0.3, -0.25) is 15.1 Å². The number of nitrogens with two attached hydrogens (primary N) is 1. The summed E-state index contributed by atoms with van der Waals surface area (Å²) in [4.78, 5) is 13.6. The highest BCUT2D eigenvalue weighted by molar-refractivity contribution is 5.90. The fourth-order valence-electron chi connectivity index (χ4n) is 2.54. The number of rotatable bonds is 5. The summed E-state index contributed by atoms with van der Waals surface area (Å²) in [5.74, 6) is 6.29. The molecule has 1 fully saturated rings. The van der Waals surface area contributed by atoms with Crippen LogP contribution in [0.15, 0.2) is 16.5 Å². The lowest BCUT2D eigenvalue weighted by Crippen LogP contribution is -2.36. The summed E-state index contributed by atoms with van der Waals surface area (Å²) in [5.41, 5.74) is 2.06. The molecule has 1 aliphatic heterocycles. The SMILES string of the molecule is COCC1CCCN(Cc2ccc(C(=O)NN)o2)C1. The minimum atomic E-state index is -0.401. The molecule has 0 spiro atoms. The quantitative estimate of drug-likeness (QED) is 0.467. The van der Waals surface area contributed by atoms with Crippen LogP contribution >= 0.6 is 0 Å². The van der Waals surface area contributed by atoms with Crippen molar-refractivity contribution in [2.24, 2.45) is 11.8 Å². The van der Waals surface area contributed by atoms with Crippen molar-refractivity contribution in [1.82, 2.24) is 10.3 Å². The largest absolute Gasteiger partial charge is 0.455 e. The smallest absolute Gasteiger partial charge is 0.300 e. The summed E-state index contributed by atoms with van der Waals surface area (Å²) in [5, 5.41) is 0. The van der Waals surface area contributed by atoms with Gasteiger partial charge >= 0.3 is 5.91 Å². The van der Waals surface area contributed by atoms with Crippen LogP contribution in [0.1, 0.15) is 29.2 Å². The number of ether oxygens (including phenoxy) is 1. The number of methoxy groups -OCH3 is 1. The minimum absolute atomic E-state index is 0.253. The molecular formula is C13H21N3O3. The number of carbonyl (C=O) groups is 1. The van der Waals surface area contributed by atoms with E-state index in [0.29, 0.717) is 5.92 Å². The Balaban J connectivity index is 1.89. The molecule has 0 bridgehead atoms. The van der Waals surface area contributed by atoms with Crippen LogP contribution in [-0.4, -0.2) is 37.6 Å². The molecule has 1 atom stereocenters. The summed E-state index contributed by atoms with van der Waals surface area (Å²) >= 11 is 0. The van der Waals surface area contributed by atoms with Gasteiger partial charge in [-0.25, -0.2) is 5.84 Å². The Hall–Kier alpha value is -1.37. The van der Waals surface area contributed by atoms with E-state index in [9.17, 15) is 4.79 Å². The molecule has 1 saturated heterocycles. The number of hydrogen-bond donors (Lipinski definition) is 2. The number of furan rings is 1. The molecule has 1 aliphatic rings. The Kier molecular flexibility index (Phi) is 4.95. The first-order valence-corrected chi connectivity index (χ1v) is 6.54. The van der Waals surface area contributed by atoms with Gasteiger partial charge in [-0.15, -0.1) is 0 Å². The average Bonchev–Trinajstić information content (AvgIpc) is 2.87. The molecule has 0 radical (unpaired) electrons. The van der Waals surface area contributed by atoms with Crippen LogP contribution in [0.3, 0.4) is 0 Å². The molecule has 106 valence electrons. The summed E-state index contributed by atoms with van der Waals surface area (Å²) in [6.07, 6.45) is 2.38. The number of hydrazine groups is 1. The van der Waals surface area contributed by atoms with Gasteiger partial charge in [0.1, 0.15) is 5.76 Å². The van der Waals surface area contributed by atoms with Crippen LogP contribution < -0.4 is 11.3 Å². The zero-order valence-corrected chi connectivity index (χ0v) is 11.2. The Morgan fingerprint density at radius 1 is 1.63 bits per heavy atom. The van der Waals surface area contributed by atoms with Gasteiger partial charge in [0.15, 0.2) is 5.76 Å². The van der Waals surface area contributed by atoms with Crippen molar-refractivity contribution in [2.45, 2.75) is 19.4 Å². The lowest BCUT2D eigenvalue weighted by Gasteiger charge is -2.31. The molecule has 2 heterocycles. The van der Waals surface area contributed by atoms with E-state index < -0.39 is 5.91 Å². The van der Waals surface area contributed by atoms with E-state index in [1.54, 1.807) is 13.2 Å². The van der Waals surface area contributed by atoms with Crippen LogP contribution in [-0.2, 0) is 11.3 Å². The third-order valence-corrected chi connectivity index (χ3v) is 3.40. The second-order valence-electron chi connectivity index (χ2n) is 4.94. The molecule has 1 aromatic heterocycles. The maximum atomic E-state index is 11.3. The zero-order chi connectivity index (χ0) is 13.7. The van der Waals surface area contributed by atoms with Crippen LogP contribution in [0.2, 0.25) is 0 Å². The first kappa shape index (κ1) is 14.0. The van der Waals surface area contributed by atoms with Crippen LogP contribution in [0.4, 0.5) is 0 Å². The van der Waals surface area contributed by atoms with E-state index in [1.165, 1.54) is 12.8 Å². The van der Waals surface area contributed by atoms with E-state index >= 15 is 0 Å². The molecule has 1 aromatic rings. The molecular weight excluding hydrogens is 246 g/mol. The summed E-state index contributed by atoms with van der Waals surface area (Å²) in [7, 11) is 1.74. The first-order chi connectivity index (χ1) is 9.22. The van der Waals surface area contributed by atoms with Crippen LogP contribution in [0.5, 0.6) is 0 Å². The number of amides is 1. The number of carbonyl (C=O) groups excluding carboxylic acids is 1. The summed E-state index contributed by atoms with van der Waals surface area (Å²) < 4.78 is 10.7. The monoisotopic (exact) mass is 267 g/mol. The number of likely N-dealkylation sites (tertiary alicyclic amines) is 1. The fourth-order valence-corrected chi connectivity index (χ4v) is 2.54. The van der Waals surface area contributed by atoms with Crippen molar-refractivity contribution in [3.63, 3.8) is 0 Å². The summed E-state index contributed by atoms with van der Waals surface area (Å²) in [6.45, 7) is 3.58. The lowest BCUT2D eigenvalue weighted by molar-refractivity contribution is 0.0827. The highest BCUT2D eigenvalue weighted by Crippen LogP contribution is 2.19. The third kappa shape index (κ3) is 3.79. The maximum absolute atomic E-state index is 11.3. The molecule has 0 saturated carbocycles. The van der Waals surface area contributed by atoms with Crippen molar-refractivity contribution in [1.29, 1.82) is 0 Å². The van der Waals surface area contributed by atoms with E-state index in [0.717, 1.165) is 32.0 Å². The Morgan fingerprint density at radius 2 is 2.47 bits per heavy atom. The van der Waals surface area contributed by atoms with Gasteiger partial charge < -0.3 is 9.15 Å². The number of hydrogen-bond acceptors (Lipinski definition) is 5. The Bertz CT molecular complexity index is 417. The molecule has 3 N–H and O–H groups in total. The third-order valence-electron chi connectivity index (χ3n) is 3.40. The predicted molar refractivity (Wildman–Crippen MR) is 70.2 cm³/mol. The second-order valence-corrected chi connectivity index (χ2v) is 4.94. The molecule has 2 rings (SSSR count). The van der Waals surface area contributed by atoms with Crippen molar-refractivity contribution < 1.29 is 13.9 Å². The highest BCUT2D eigenvalue weighted by Gasteiger charge is 2.21. The number of nitrogen functional groups attached to an aromatic ring is 1. The number of nitrogens with one attached hydrogen (secondary N) is 1. The summed E-state index contributed by atoms with van der Waals surface area (Å²) in [6, 6.07) is 3.47. The lowest BCUT2D eigenvalue weighted by atomic mass is 9.99. The molecule has 0 aliphatic carbocycles. The minimum Gasteiger partial charge on any atom is -0.455 e. The van der Waals surface area contributed by atoms with E-state index in [-0.39, 0.29) is 5.76 Å². The molecule has 1 unspecified atom stereocenters. The van der Waals surface area contributed by atoms with Gasteiger partial charge in [0.2, 0.25) is 0 Å². The standard InChI is InChI=1S/C13H21N3O3/c1-18-9-10-3-2-6-16(7-10)8-11-4-5-12(19-11)13(17)15-14/h4-5,10H,2-3,6-9,14H2,1H3,(H,15,17). The van der Waals surface area contributed by atoms with Crippen molar-refractivity contribution in [2.75, 3.05) is 26.8 Å². The molecule has 6 nitrogen and oxygen atoms in total. The van der Waals surface area contributed by atoms with Gasteiger partial charge in [0.25, 0.3) is 0 Å². The van der Waals surface area contributed by atoms with Crippen LogP contribution in [0, 0.1) is 5.92 Å². The molecule has 19 heavy (non-hydrogen) atoms.